The molecular formula is C87H49F3N8. The van der Waals surface area contributed by atoms with Gasteiger partial charge >= 0.3 is 6.18 Å². The third-order valence-corrected chi connectivity index (χ3v) is 20.2. The number of para-hydroxylation sites is 8. The summed E-state index contributed by atoms with van der Waals surface area (Å²) in [4.78, 5) is 3.97. The Bertz CT molecular complexity index is 6040. The van der Waals surface area contributed by atoms with Crippen LogP contribution in [0, 0.1) is 17.9 Å². The molecule has 0 atom stereocenters. The zero-order valence-electron chi connectivity index (χ0n) is 52.0. The minimum Gasteiger partial charge on any atom is -0.309 e. The van der Waals surface area contributed by atoms with E-state index in [-0.39, 0.29) is 11.3 Å². The molecule has 0 aliphatic rings. The maximum atomic E-state index is 15.1. The van der Waals surface area contributed by atoms with Crippen molar-refractivity contribution in [2.75, 3.05) is 0 Å². The van der Waals surface area contributed by atoms with E-state index in [0.29, 0.717) is 22.5 Å². The first-order valence-corrected chi connectivity index (χ1v) is 32.5. The van der Waals surface area contributed by atoms with Crippen LogP contribution >= 0.6 is 0 Å². The molecule has 0 spiro atoms. The average Bonchev–Trinajstić information content (AvgIpc) is 1.54. The van der Waals surface area contributed by atoms with E-state index in [1.54, 1.807) is 0 Å². The third-order valence-electron chi connectivity index (χ3n) is 20.2. The van der Waals surface area contributed by atoms with E-state index in [1.165, 1.54) is 6.07 Å². The molecule has 0 aliphatic heterocycles. The van der Waals surface area contributed by atoms with Crippen molar-refractivity contribution >= 4 is 137 Å². The topological polar surface area (TPSA) is 57.7 Å². The van der Waals surface area contributed by atoms with E-state index in [2.05, 4.69) is 305 Å². The fourth-order valence-electron chi connectivity index (χ4n) is 16.2. The van der Waals surface area contributed by atoms with Crippen LogP contribution in [0.2, 0.25) is 0 Å². The Balaban J connectivity index is 0.920. The fraction of sp³-hybridized carbons (Fsp3) is 0.0115. The lowest BCUT2D eigenvalue weighted by molar-refractivity contribution is -0.137. The molecule has 0 saturated carbocycles. The number of aromatic nitrogens is 6. The summed E-state index contributed by atoms with van der Waals surface area (Å²) in [5, 5.41) is 24.1. The second-order valence-corrected chi connectivity index (χ2v) is 25.3. The molecule has 6 heterocycles. The molecule has 0 fully saturated rings. The van der Waals surface area contributed by atoms with Crippen molar-refractivity contribution in [1.82, 2.24) is 27.4 Å². The molecule has 14 aromatic carbocycles. The molecule has 0 amide bonds. The number of nitriles is 1. The van der Waals surface area contributed by atoms with E-state index in [4.69, 9.17) is 6.57 Å². The van der Waals surface area contributed by atoms with Gasteiger partial charge in [0.15, 0.2) is 5.69 Å². The molecule has 11 heteroatoms. The van der Waals surface area contributed by atoms with Gasteiger partial charge in [-0.3, -0.25) is 0 Å². The number of benzene rings is 14. The molecule has 98 heavy (non-hydrogen) atoms. The first kappa shape index (κ1) is 55.1. The minimum atomic E-state index is -4.75. The summed E-state index contributed by atoms with van der Waals surface area (Å²) in [6.07, 6.45) is -4.75. The molecule has 8 nitrogen and oxygen atoms in total. The molecule has 20 rings (SSSR count). The molecule has 6 aromatic heterocycles. The van der Waals surface area contributed by atoms with Crippen molar-refractivity contribution in [2.45, 2.75) is 6.18 Å². The highest BCUT2D eigenvalue weighted by Gasteiger charge is 2.33. The summed E-state index contributed by atoms with van der Waals surface area (Å²) in [7, 11) is 0. The fourth-order valence-corrected chi connectivity index (χ4v) is 16.2. The standard InChI is InChI=1S/C87H49F3N8/c1-92-71-46-53(87(88,89)90)34-39-66(71)86-84(97-80-40-35-54(93-72-26-10-2-18-58(72)59-19-3-11-27-73(59)93)47-67(80)68-48-55(36-41-81(68)97)94-74-28-12-4-20-60(74)61-21-5-13-29-75(61)94)44-52(51-91)45-85(86)98-82-42-37-56(95-76-30-14-6-22-62(76)63-23-7-15-31-77(63)95)49-69(82)70-50-57(38-43-83(70)98)96-78-32-16-8-24-64(78)65-25-9-17-33-79(65)96/h2-50H. The van der Waals surface area contributed by atoms with E-state index in [0.717, 1.165) is 166 Å². The van der Waals surface area contributed by atoms with Crippen molar-refractivity contribution in [3.05, 3.63) is 320 Å². The lowest BCUT2D eigenvalue weighted by Crippen LogP contribution is -2.07. The largest absolute Gasteiger partial charge is 0.415 e. The third kappa shape index (κ3) is 7.81. The monoisotopic (exact) mass is 1260 g/mol. The van der Waals surface area contributed by atoms with Crippen molar-refractivity contribution in [1.29, 1.82) is 5.26 Å². The van der Waals surface area contributed by atoms with Gasteiger partial charge in [-0.25, -0.2) is 4.85 Å². The molecule has 0 bridgehead atoms. The summed E-state index contributed by atoms with van der Waals surface area (Å²) in [5.41, 5.74) is 16.0. The highest BCUT2D eigenvalue weighted by Crippen LogP contribution is 2.49. The van der Waals surface area contributed by atoms with Gasteiger partial charge in [0.25, 0.3) is 0 Å². The summed E-state index contributed by atoms with van der Waals surface area (Å²) >= 11 is 0. The number of hydrogen-bond acceptors (Lipinski definition) is 1. The molecule has 458 valence electrons. The van der Waals surface area contributed by atoms with Gasteiger partial charge in [-0.1, -0.05) is 158 Å². The SMILES string of the molecule is [C-]#[N+]c1cc(C(F)(F)F)ccc1-c1c(-n2c3ccc(-n4c5ccccc5c5ccccc54)cc3c3cc(-n4c5ccccc5c5ccccc54)ccc32)cc(C#N)cc1-n1c2ccc(-n3c4ccccc4c4ccccc43)cc2c2cc(-n3c4ccccc4c4ccccc43)ccc21. The number of hydrogen-bond donors (Lipinski definition) is 0. The Morgan fingerprint density at radius 2 is 0.541 bits per heavy atom. The molecule has 0 unspecified atom stereocenters. The van der Waals surface area contributed by atoms with Crippen LogP contribution in [-0.4, -0.2) is 27.4 Å². The Kier molecular flexibility index (Phi) is 11.6. The highest BCUT2D eigenvalue weighted by molar-refractivity contribution is 6.18. The second kappa shape index (κ2) is 20.6. The van der Waals surface area contributed by atoms with Crippen LogP contribution in [-0.2, 0) is 6.18 Å². The normalized spacial score (nSPS) is 12.2. The molecule has 20 aromatic rings. The summed E-state index contributed by atoms with van der Waals surface area (Å²) in [6, 6.07) is 103. The summed E-state index contributed by atoms with van der Waals surface area (Å²) < 4.78 is 58.8. The van der Waals surface area contributed by atoms with Gasteiger partial charge in [-0.2, -0.15) is 18.4 Å². The first-order chi connectivity index (χ1) is 48.2. The van der Waals surface area contributed by atoms with E-state index >= 15 is 13.2 Å². The van der Waals surface area contributed by atoms with Crippen LogP contribution in [0.15, 0.2) is 297 Å². The number of rotatable bonds is 7. The van der Waals surface area contributed by atoms with Crippen LogP contribution < -0.4 is 0 Å². The van der Waals surface area contributed by atoms with Gasteiger partial charge in [-0.15, -0.1) is 0 Å². The van der Waals surface area contributed by atoms with Crippen molar-refractivity contribution < 1.29 is 13.2 Å². The second-order valence-electron chi connectivity index (χ2n) is 25.3. The predicted octanol–water partition coefficient (Wildman–Crippen LogP) is 23.4. The van der Waals surface area contributed by atoms with Crippen LogP contribution in [0.25, 0.3) is 181 Å². The Morgan fingerprint density at radius 3 is 0.786 bits per heavy atom. The molecule has 0 saturated heterocycles. The Labute approximate surface area is 556 Å². The zero-order chi connectivity index (χ0) is 65.2. The van der Waals surface area contributed by atoms with Gasteiger partial charge in [-0.05, 0) is 145 Å². The summed E-state index contributed by atoms with van der Waals surface area (Å²) in [6.45, 7) is 8.84. The van der Waals surface area contributed by atoms with E-state index < -0.39 is 11.7 Å². The van der Waals surface area contributed by atoms with Crippen molar-refractivity contribution in [2.24, 2.45) is 0 Å². The predicted molar refractivity (Wildman–Crippen MR) is 394 cm³/mol. The lowest BCUT2D eigenvalue weighted by Gasteiger charge is -2.22. The average molecular weight is 1260 g/mol. The lowest BCUT2D eigenvalue weighted by atomic mass is 9.95. The van der Waals surface area contributed by atoms with Crippen LogP contribution in [0.4, 0.5) is 18.9 Å². The number of alkyl halides is 3. The highest BCUT2D eigenvalue weighted by atomic mass is 19.4. The maximum absolute atomic E-state index is 15.1. The van der Waals surface area contributed by atoms with Gasteiger partial charge < -0.3 is 27.4 Å². The summed E-state index contributed by atoms with van der Waals surface area (Å²) in [5.74, 6) is 0. The molecule has 0 radical (unpaired) electrons. The number of fused-ring (bicyclic) bond motifs is 18. The van der Waals surface area contributed by atoms with Crippen molar-refractivity contribution in [3.63, 3.8) is 0 Å². The molecule has 0 N–H and O–H groups in total. The smallest absolute Gasteiger partial charge is 0.309 e. The maximum Gasteiger partial charge on any atom is 0.415 e. The van der Waals surface area contributed by atoms with Crippen LogP contribution in [0.5, 0.6) is 0 Å². The van der Waals surface area contributed by atoms with E-state index in [1.807, 2.05) is 12.1 Å². The Hall–Kier alpha value is -13.4. The van der Waals surface area contributed by atoms with Crippen LogP contribution in [0.3, 0.4) is 0 Å². The quantitative estimate of drug-likeness (QED) is 0.147. The van der Waals surface area contributed by atoms with E-state index in [9.17, 15) is 5.26 Å². The molecule has 0 aliphatic carbocycles. The van der Waals surface area contributed by atoms with Crippen LogP contribution in [0.1, 0.15) is 11.1 Å². The Morgan fingerprint density at radius 1 is 0.286 bits per heavy atom. The van der Waals surface area contributed by atoms with Crippen molar-refractivity contribution in [3.8, 4) is 51.3 Å². The van der Waals surface area contributed by atoms with Gasteiger partial charge in [0.2, 0.25) is 0 Å². The van der Waals surface area contributed by atoms with Gasteiger partial charge in [0.05, 0.1) is 95.8 Å². The minimum absolute atomic E-state index is 0.196. The zero-order valence-corrected chi connectivity index (χ0v) is 52.0. The first-order valence-electron chi connectivity index (χ1n) is 32.5. The molecular weight excluding hydrogens is 1210 g/mol. The number of halogens is 3. The van der Waals surface area contributed by atoms with Gasteiger partial charge in [0, 0.05) is 98.5 Å². The number of nitrogens with zero attached hydrogens (tertiary/aromatic N) is 8. The van der Waals surface area contributed by atoms with Gasteiger partial charge in [0.1, 0.15) is 0 Å².